The van der Waals surface area contributed by atoms with E-state index in [2.05, 4.69) is 10.6 Å². The van der Waals surface area contributed by atoms with Gasteiger partial charge >= 0.3 is 25.7 Å². The lowest BCUT2D eigenvalue weighted by molar-refractivity contribution is -0.141. The molecule has 0 aliphatic carbocycles. The molecule has 0 fully saturated rings. The fraction of sp³-hybridized carbons (Fsp3) is 0.450. The molecule has 1 unspecified atom stereocenters. The summed E-state index contributed by atoms with van der Waals surface area (Å²) in [6.07, 6.45) is -1.70. The maximum absolute atomic E-state index is 13.0. The van der Waals surface area contributed by atoms with Crippen molar-refractivity contribution < 1.29 is 57.7 Å². The van der Waals surface area contributed by atoms with Gasteiger partial charge in [0.25, 0.3) is 5.91 Å². The van der Waals surface area contributed by atoms with Gasteiger partial charge in [0.05, 0.1) is 6.61 Å². The van der Waals surface area contributed by atoms with Crippen LogP contribution in [0.4, 0.5) is 4.39 Å². The molecule has 200 valence electrons. The Morgan fingerprint density at radius 1 is 0.944 bits per heavy atom. The van der Waals surface area contributed by atoms with Crippen molar-refractivity contribution in [2.45, 2.75) is 50.7 Å². The quantitative estimate of drug-likeness (QED) is 0.142. The average Bonchev–Trinajstić information content (AvgIpc) is 2.77. The maximum Gasteiger partial charge on any atom is 0.403 e. The van der Waals surface area contributed by atoms with E-state index >= 15 is 0 Å². The van der Waals surface area contributed by atoms with Crippen LogP contribution in [0.25, 0.3) is 0 Å². The van der Waals surface area contributed by atoms with E-state index in [4.69, 9.17) is 14.7 Å². The summed E-state index contributed by atoms with van der Waals surface area (Å²) in [5.74, 6) is -6.29. The van der Waals surface area contributed by atoms with Gasteiger partial charge in [0, 0.05) is 24.4 Å². The lowest BCUT2D eigenvalue weighted by atomic mass is 10.1. The van der Waals surface area contributed by atoms with Gasteiger partial charge in [0.15, 0.2) is 0 Å². The SMILES string of the molecule is C[C@H](COP(=O)(O)N[C@@H](CCC(=O)O)C(=O)O)NC(=O)CC[C@H](NC(=O)c1ccc(F)cc1)C(=O)O. The molecule has 0 aromatic heterocycles. The predicted molar refractivity (Wildman–Crippen MR) is 119 cm³/mol. The highest BCUT2D eigenvalue weighted by atomic mass is 31.2. The van der Waals surface area contributed by atoms with E-state index in [1.165, 1.54) is 6.92 Å². The number of benzene rings is 1. The van der Waals surface area contributed by atoms with Gasteiger partial charge in [-0.2, -0.15) is 0 Å². The summed E-state index contributed by atoms with van der Waals surface area (Å²) in [6, 6.07) is 0.426. The van der Waals surface area contributed by atoms with Gasteiger partial charge in [0.1, 0.15) is 17.9 Å². The van der Waals surface area contributed by atoms with E-state index in [-0.39, 0.29) is 18.4 Å². The number of hydrogen-bond acceptors (Lipinski definition) is 7. The number of rotatable bonds is 16. The molecule has 0 heterocycles. The van der Waals surface area contributed by atoms with Crippen LogP contribution in [0.5, 0.6) is 0 Å². The second kappa shape index (κ2) is 14.2. The van der Waals surface area contributed by atoms with Crippen LogP contribution in [0.2, 0.25) is 0 Å². The average molecular weight is 535 g/mol. The Balaban J connectivity index is 2.53. The summed E-state index contributed by atoms with van der Waals surface area (Å²) in [7, 11) is -4.68. The number of carbonyl (C=O) groups is 5. The topological polar surface area (TPSA) is 229 Å². The van der Waals surface area contributed by atoms with Crippen molar-refractivity contribution in [1.82, 2.24) is 15.7 Å². The molecule has 14 nitrogen and oxygen atoms in total. The van der Waals surface area contributed by atoms with Gasteiger partial charge in [-0.15, -0.1) is 0 Å². The van der Waals surface area contributed by atoms with Crippen LogP contribution in [0.1, 0.15) is 43.0 Å². The number of carboxylic acid groups (broad SMARTS) is 3. The van der Waals surface area contributed by atoms with Crippen LogP contribution < -0.4 is 15.7 Å². The zero-order chi connectivity index (χ0) is 27.5. The van der Waals surface area contributed by atoms with E-state index in [1.54, 1.807) is 0 Å². The number of nitrogens with one attached hydrogen (secondary N) is 3. The molecule has 1 rings (SSSR count). The van der Waals surface area contributed by atoms with Gasteiger partial charge in [-0.3, -0.25) is 23.7 Å². The minimum atomic E-state index is -4.68. The molecule has 0 aliphatic heterocycles. The van der Waals surface area contributed by atoms with Gasteiger partial charge in [0.2, 0.25) is 5.91 Å². The maximum atomic E-state index is 13.0. The number of amides is 2. The minimum Gasteiger partial charge on any atom is -0.481 e. The van der Waals surface area contributed by atoms with Crippen LogP contribution in [-0.4, -0.2) is 74.7 Å². The van der Waals surface area contributed by atoms with Crippen molar-refractivity contribution in [3.8, 4) is 0 Å². The number of aliphatic carboxylic acids is 3. The summed E-state index contributed by atoms with van der Waals surface area (Å²) < 4.78 is 29.8. The number of halogens is 1. The molecule has 2 amide bonds. The van der Waals surface area contributed by atoms with Gasteiger partial charge in [-0.1, -0.05) is 0 Å². The lowest BCUT2D eigenvalue weighted by Crippen LogP contribution is -2.42. The highest BCUT2D eigenvalue weighted by molar-refractivity contribution is 7.50. The third kappa shape index (κ3) is 11.8. The third-order valence-corrected chi connectivity index (χ3v) is 5.68. The first-order valence-corrected chi connectivity index (χ1v) is 12.1. The van der Waals surface area contributed by atoms with Crippen molar-refractivity contribution in [3.63, 3.8) is 0 Å². The summed E-state index contributed by atoms with van der Waals surface area (Å²) in [6.45, 7) is 0.851. The lowest BCUT2D eigenvalue weighted by Gasteiger charge is -2.21. The largest absolute Gasteiger partial charge is 0.481 e. The monoisotopic (exact) mass is 535 g/mol. The molecule has 0 aliphatic rings. The van der Waals surface area contributed by atoms with Crippen molar-refractivity contribution in [3.05, 3.63) is 35.6 Å². The molecule has 0 saturated heterocycles. The van der Waals surface area contributed by atoms with Crippen LogP contribution in [0.15, 0.2) is 24.3 Å². The van der Waals surface area contributed by atoms with Crippen molar-refractivity contribution >= 4 is 37.5 Å². The van der Waals surface area contributed by atoms with Crippen LogP contribution in [0.3, 0.4) is 0 Å². The molecule has 0 radical (unpaired) electrons. The molecular weight excluding hydrogens is 508 g/mol. The first-order valence-electron chi connectivity index (χ1n) is 10.5. The second-order valence-electron chi connectivity index (χ2n) is 7.65. The molecule has 1 aromatic rings. The Morgan fingerprint density at radius 2 is 1.50 bits per heavy atom. The third-order valence-electron chi connectivity index (χ3n) is 4.54. The Bertz CT molecular complexity index is 1010. The first-order chi connectivity index (χ1) is 16.7. The molecule has 0 spiro atoms. The molecule has 0 bridgehead atoms. The fourth-order valence-corrected chi connectivity index (χ4v) is 3.86. The Hall–Kier alpha value is -3.39. The molecule has 7 N–H and O–H groups in total. The molecule has 4 atom stereocenters. The predicted octanol–water partition coefficient (Wildman–Crippen LogP) is 0.318. The zero-order valence-electron chi connectivity index (χ0n) is 19.0. The molecule has 0 saturated carbocycles. The van der Waals surface area contributed by atoms with Crippen molar-refractivity contribution in [2.75, 3.05) is 6.61 Å². The smallest absolute Gasteiger partial charge is 0.403 e. The second-order valence-corrected chi connectivity index (χ2v) is 9.20. The van der Waals surface area contributed by atoms with E-state index < -0.39 is 80.9 Å². The van der Waals surface area contributed by atoms with Gasteiger partial charge < -0.3 is 30.8 Å². The molecule has 1 aromatic carbocycles. The minimum absolute atomic E-state index is 0.0213. The highest BCUT2D eigenvalue weighted by Crippen LogP contribution is 2.38. The van der Waals surface area contributed by atoms with Crippen LogP contribution >= 0.6 is 7.75 Å². The van der Waals surface area contributed by atoms with Crippen molar-refractivity contribution in [1.29, 1.82) is 0 Å². The van der Waals surface area contributed by atoms with E-state index in [0.29, 0.717) is 0 Å². The summed E-state index contributed by atoms with van der Waals surface area (Å²) in [5, 5.41) is 33.4. The molecule has 36 heavy (non-hydrogen) atoms. The van der Waals surface area contributed by atoms with Crippen LogP contribution in [0, 0.1) is 5.82 Å². The van der Waals surface area contributed by atoms with E-state index in [0.717, 1.165) is 24.3 Å². The van der Waals surface area contributed by atoms with E-state index in [1.807, 2.05) is 5.09 Å². The van der Waals surface area contributed by atoms with Crippen molar-refractivity contribution in [2.24, 2.45) is 0 Å². The highest BCUT2D eigenvalue weighted by Gasteiger charge is 2.30. The standard InChI is InChI=1S/C20H27FN3O11P/c1-11(10-35-36(33,34)24-15(20(31)32)7-9-17(26)27)22-16(25)8-6-14(19(29)30)23-18(28)12-2-4-13(21)5-3-12/h2-5,11,14-15H,6-10H2,1H3,(H,22,25)(H,23,28)(H,26,27)(H,29,30)(H,31,32)(H2,24,33,34)/t11-,14+,15+/m1/s1. The normalized spacial score (nSPS) is 15.1. The van der Waals surface area contributed by atoms with Gasteiger partial charge in [-0.05, 0) is 44.0 Å². The summed E-state index contributed by atoms with van der Waals surface area (Å²) in [5.41, 5.74) is 0.0213. The Kier molecular flexibility index (Phi) is 12.1. The molecule has 16 heteroatoms. The number of hydrogen-bond donors (Lipinski definition) is 7. The van der Waals surface area contributed by atoms with Gasteiger partial charge in [-0.25, -0.2) is 18.8 Å². The zero-order valence-corrected chi connectivity index (χ0v) is 19.9. The summed E-state index contributed by atoms with van der Waals surface area (Å²) in [4.78, 5) is 67.2. The fourth-order valence-electron chi connectivity index (χ4n) is 2.72. The number of carboxylic acids is 3. The Labute approximate surface area is 204 Å². The number of carbonyl (C=O) groups excluding carboxylic acids is 2. The van der Waals surface area contributed by atoms with Crippen LogP contribution in [-0.2, 0) is 28.3 Å². The summed E-state index contributed by atoms with van der Waals surface area (Å²) >= 11 is 0. The Morgan fingerprint density at radius 3 is 2.03 bits per heavy atom. The first kappa shape index (κ1) is 30.6. The van der Waals surface area contributed by atoms with E-state index in [9.17, 15) is 42.9 Å². The molecular formula is C20H27FN3O11P.